The molecule has 0 unspecified atom stereocenters. The van der Waals surface area contributed by atoms with Crippen molar-refractivity contribution < 1.29 is 14.4 Å². The van der Waals surface area contributed by atoms with Gasteiger partial charge in [0, 0.05) is 29.2 Å². The van der Waals surface area contributed by atoms with Gasteiger partial charge in [0.2, 0.25) is 0 Å². The summed E-state index contributed by atoms with van der Waals surface area (Å²) in [5, 5.41) is 8.22. The Kier molecular flexibility index (Phi) is 6.01. The molecule has 1 aliphatic rings. The molecule has 33 heavy (non-hydrogen) atoms. The average molecular weight is 448 g/mol. The number of ketones is 1. The third-order valence-corrected chi connectivity index (χ3v) is 6.79. The lowest BCUT2D eigenvalue weighted by molar-refractivity contribution is 0.0845. The van der Waals surface area contributed by atoms with Crippen LogP contribution in [0.3, 0.4) is 0 Å². The Labute approximate surface area is 192 Å². The summed E-state index contributed by atoms with van der Waals surface area (Å²) >= 11 is 0. The van der Waals surface area contributed by atoms with Gasteiger partial charge < -0.3 is 0 Å². The number of hydrogen-bond donors (Lipinski definition) is 2. The summed E-state index contributed by atoms with van der Waals surface area (Å²) < 4.78 is 1.78. The van der Waals surface area contributed by atoms with Gasteiger partial charge in [0.05, 0.1) is 5.52 Å². The smallest absolute Gasteiger partial charge is 0.269 e. The molecule has 0 saturated carbocycles. The minimum atomic E-state index is -0.478. The van der Waals surface area contributed by atoms with Gasteiger partial charge in [-0.2, -0.15) is 0 Å². The van der Waals surface area contributed by atoms with Crippen molar-refractivity contribution in [2.45, 2.75) is 59.4 Å². The molecule has 0 bridgehead atoms. The van der Waals surface area contributed by atoms with E-state index in [4.69, 9.17) is 0 Å². The monoisotopic (exact) mass is 447 g/mol. The fourth-order valence-corrected chi connectivity index (χ4v) is 4.51. The van der Waals surface area contributed by atoms with Gasteiger partial charge in [-0.3, -0.25) is 25.2 Å². The Morgan fingerprint density at radius 3 is 2.27 bits per heavy atom. The minimum absolute atomic E-state index is 0.00343. The molecule has 2 N–H and O–H groups in total. The quantitative estimate of drug-likeness (QED) is 0.575. The van der Waals surface area contributed by atoms with Crippen LogP contribution >= 0.6 is 0 Å². The second kappa shape index (κ2) is 8.77. The largest absolute Gasteiger partial charge is 0.294 e. The number of carbonyl (C=O) groups excluding carboxylic acids is 3. The van der Waals surface area contributed by atoms with Crippen LogP contribution in [0.2, 0.25) is 0 Å². The van der Waals surface area contributed by atoms with Crippen LogP contribution in [0.15, 0.2) is 36.4 Å². The summed E-state index contributed by atoms with van der Waals surface area (Å²) in [7, 11) is 0. The van der Waals surface area contributed by atoms with Crippen LogP contribution < -0.4 is 10.9 Å². The van der Waals surface area contributed by atoms with E-state index in [0.717, 1.165) is 30.3 Å². The van der Waals surface area contributed by atoms with Crippen LogP contribution in [0.1, 0.15) is 89.6 Å². The van der Waals surface area contributed by atoms with Crippen molar-refractivity contribution in [3.05, 3.63) is 58.7 Å². The highest BCUT2D eigenvalue weighted by molar-refractivity contribution is 6.04. The molecule has 3 aromatic rings. The van der Waals surface area contributed by atoms with Crippen molar-refractivity contribution in [3.8, 4) is 0 Å². The molecule has 172 valence electrons. The number of carbonyl (C=O) groups is 3. The van der Waals surface area contributed by atoms with Gasteiger partial charge in [-0.15, -0.1) is 5.10 Å². The first kappa shape index (κ1) is 22.6. The molecular weight excluding hydrogens is 418 g/mol. The molecule has 0 atom stereocenters. The predicted molar refractivity (Wildman–Crippen MR) is 125 cm³/mol. The van der Waals surface area contributed by atoms with Gasteiger partial charge in [-0.05, 0) is 74.4 Å². The molecule has 0 fully saturated rings. The van der Waals surface area contributed by atoms with E-state index in [0.29, 0.717) is 28.6 Å². The fourth-order valence-electron chi connectivity index (χ4n) is 4.51. The molecule has 8 heteroatoms. The van der Waals surface area contributed by atoms with Crippen molar-refractivity contribution in [2.24, 2.45) is 5.41 Å². The number of hydrogen-bond acceptors (Lipinski definition) is 5. The summed E-state index contributed by atoms with van der Waals surface area (Å²) in [6, 6.07) is 10.4. The third-order valence-electron chi connectivity index (χ3n) is 6.79. The fraction of sp³-hybridized carbons (Fsp3) is 0.400. The molecule has 1 heterocycles. The van der Waals surface area contributed by atoms with Crippen LogP contribution in [-0.4, -0.2) is 32.6 Å². The molecule has 2 amide bonds. The molecule has 0 spiro atoms. The van der Waals surface area contributed by atoms with Gasteiger partial charge in [-0.1, -0.05) is 25.1 Å². The van der Waals surface area contributed by atoms with E-state index >= 15 is 0 Å². The summed E-state index contributed by atoms with van der Waals surface area (Å²) in [6.07, 6.45) is 3.23. The van der Waals surface area contributed by atoms with Crippen LogP contribution in [0.25, 0.3) is 11.0 Å². The molecule has 2 aromatic carbocycles. The highest BCUT2D eigenvalue weighted by atomic mass is 16.2. The Morgan fingerprint density at radius 1 is 1.00 bits per heavy atom. The summed E-state index contributed by atoms with van der Waals surface area (Å²) in [4.78, 5) is 38.0. The van der Waals surface area contributed by atoms with Crippen LogP contribution in [-0.2, 0) is 6.42 Å². The minimum Gasteiger partial charge on any atom is -0.294 e. The Bertz CT molecular complexity index is 1240. The SMILES string of the molecule is CCC1(CC)CC(=O)c2cc(C(=O)NNC(=O)c3ccc4c(c3)nnn4C(C)C)ccc2C1. The first-order valence-corrected chi connectivity index (χ1v) is 11.4. The van der Waals surface area contributed by atoms with Crippen molar-refractivity contribution in [1.82, 2.24) is 25.8 Å². The third kappa shape index (κ3) is 4.25. The predicted octanol–water partition coefficient (Wildman–Crippen LogP) is 4.02. The molecule has 0 aliphatic heterocycles. The van der Waals surface area contributed by atoms with Crippen molar-refractivity contribution >= 4 is 28.6 Å². The Balaban J connectivity index is 1.45. The number of fused-ring (bicyclic) bond motifs is 2. The Morgan fingerprint density at radius 2 is 1.64 bits per heavy atom. The van der Waals surface area contributed by atoms with Crippen molar-refractivity contribution in [3.63, 3.8) is 0 Å². The van der Waals surface area contributed by atoms with Crippen molar-refractivity contribution in [1.29, 1.82) is 0 Å². The molecular formula is C25H29N5O3. The molecule has 8 nitrogen and oxygen atoms in total. The van der Waals surface area contributed by atoms with Gasteiger partial charge >= 0.3 is 0 Å². The number of amides is 2. The molecule has 1 aliphatic carbocycles. The van der Waals surface area contributed by atoms with Gasteiger partial charge in [0.1, 0.15) is 5.52 Å². The number of Topliss-reactive ketones (excluding diaryl/α,β-unsaturated/α-hetero) is 1. The topological polar surface area (TPSA) is 106 Å². The van der Waals surface area contributed by atoms with Gasteiger partial charge in [-0.25, -0.2) is 4.68 Å². The van der Waals surface area contributed by atoms with E-state index in [1.165, 1.54) is 0 Å². The normalized spacial score (nSPS) is 14.9. The zero-order chi connectivity index (χ0) is 23.8. The average Bonchev–Trinajstić information content (AvgIpc) is 3.25. The maximum Gasteiger partial charge on any atom is 0.269 e. The van der Waals surface area contributed by atoms with E-state index in [-0.39, 0.29) is 17.2 Å². The second-order valence-electron chi connectivity index (χ2n) is 9.10. The zero-order valence-electron chi connectivity index (χ0n) is 19.4. The molecule has 0 saturated heterocycles. The van der Waals surface area contributed by atoms with E-state index in [1.807, 2.05) is 19.9 Å². The lowest BCUT2D eigenvalue weighted by Crippen LogP contribution is -2.41. The first-order chi connectivity index (χ1) is 15.8. The van der Waals surface area contributed by atoms with E-state index in [9.17, 15) is 14.4 Å². The van der Waals surface area contributed by atoms with E-state index in [1.54, 1.807) is 35.0 Å². The zero-order valence-corrected chi connectivity index (χ0v) is 19.4. The van der Waals surface area contributed by atoms with Crippen LogP contribution in [0.5, 0.6) is 0 Å². The number of nitrogens with zero attached hydrogens (tertiary/aromatic N) is 3. The highest BCUT2D eigenvalue weighted by Gasteiger charge is 2.36. The van der Waals surface area contributed by atoms with Gasteiger partial charge in [0.15, 0.2) is 5.78 Å². The number of nitrogens with one attached hydrogen (secondary N) is 2. The lowest BCUT2D eigenvalue weighted by Gasteiger charge is -2.36. The number of benzene rings is 2. The first-order valence-electron chi connectivity index (χ1n) is 11.4. The molecule has 4 rings (SSSR count). The summed E-state index contributed by atoms with van der Waals surface area (Å²) in [5.41, 5.74) is 8.59. The maximum absolute atomic E-state index is 12.8. The summed E-state index contributed by atoms with van der Waals surface area (Å²) in [6.45, 7) is 8.25. The molecule has 0 radical (unpaired) electrons. The van der Waals surface area contributed by atoms with Crippen molar-refractivity contribution in [2.75, 3.05) is 0 Å². The lowest BCUT2D eigenvalue weighted by atomic mass is 9.68. The van der Waals surface area contributed by atoms with E-state index < -0.39 is 11.8 Å². The number of aromatic nitrogens is 3. The number of rotatable bonds is 5. The van der Waals surface area contributed by atoms with Crippen LogP contribution in [0, 0.1) is 5.41 Å². The summed E-state index contributed by atoms with van der Waals surface area (Å²) in [5.74, 6) is -0.871. The second-order valence-corrected chi connectivity index (χ2v) is 9.10. The Hall–Kier alpha value is -3.55. The van der Waals surface area contributed by atoms with Crippen LogP contribution in [0.4, 0.5) is 0 Å². The highest BCUT2D eigenvalue weighted by Crippen LogP contribution is 2.41. The maximum atomic E-state index is 12.8. The molecule has 1 aromatic heterocycles. The standard InChI is InChI=1S/C25H29N5O3/c1-5-25(6-2)13-18-8-7-16(11-19(18)22(31)14-25)23(32)27-28-24(33)17-9-10-21-20(12-17)26-29-30(21)15(3)4/h7-12,15H,5-6,13-14H2,1-4H3,(H,27,32)(H,28,33). The number of hydrazine groups is 1. The van der Waals surface area contributed by atoms with E-state index in [2.05, 4.69) is 35.0 Å². The van der Waals surface area contributed by atoms with Gasteiger partial charge in [0.25, 0.3) is 11.8 Å².